The van der Waals surface area contributed by atoms with Crippen LogP contribution < -0.4 is 14.6 Å². The Morgan fingerprint density at radius 2 is 1.55 bits per heavy atom. The molecule has 0 aromatic heterocycles. The van der Waals surface area contributed by atoms with Gasteiger partial charge in [-0.15, -0.1) is 0 Å². The molecule has 0 saturated heterocycles. The maximum absolute atomic E-state index is 13.4. The van der Waals surface area contributed by atoms with Crippen molar-refractivity contribution in [1.82, 2.24) is 0 Å². The van der Waals surface area contributed by atoms with Gasteiger partial charge in [0.25, 0.3) is 5.91 Å². The standard InChI is InChI=1S/C26H25N3O2/c1-18-5-11-22(12-6-18)29-26(30)24(17-19-7-13-21(14-8-19)28(2)3)25(27-29)20-9-15-23(31-4)16-10-20/h5-17H,1-4H3/b24-17-. The van der Waals surface area contributed by atoms with Crippen LogP contribution in [0, 0.1) is 6.92 Å². The quantitative estimate of drug-likeness (QED) is 0.561. The molecule has 1 amide bonds. The van der Waals surface area contributed by atoms with Crippen LogP contribution in [0.5, 0.6) is 5.75 Å². The van der Waals surface area contributed by atoms with Crippen LogP contribution in [-0.4, -0.2) is 32.8 Å². The zero-order chi connectivity index (χ0) is 22.0. The molecule has 0 atom stereocenters. The number of benzene rings is 3. The second kappa shape index (κ2) is 8.48. The maximum Gasteiger partial charge on any atom is 0.281 e. The first-order valence-electron chi connectivity index (χ1n) is 10.1. The first-order chi connectivity index (χ1) is 15.0. The predicted molar refractivity (Wildman–Crippen MR) is 127 cm³/mol. The third-order valence-electron chi connectivity index (χ3n) is 5.24. The van der Waals surface area contributed by atoms with Gasteiger partial charge in [0.1, 0.15) is 11.5 Å². The molecule has 0 fully saturated rings. The van der Waals surface area contributed by atoms with Crippen molar-refractivity contribution < 1.29 is 9.53 Å². The number of hydrazone groups is 1. The average molecular weight is 412 g/mol. The van der Waals surface area contributed by atoms with Gasteiger partial charge in [-0.2, -0.15) is 10.1 Å². The highest BCUT2D eigenvalue weighted by molar-refractivity contribution is 6.37. The fourth-order valence-electron chi connectivity index (χ4n) is 3.40. The largest absolute Gasteiger partial charge is 0.497 e. The van der Waals surface area contributed by atoms with Crippen molar-refractivity contribution in [3.63, 3.8) is 0 Å². The maximum atomic E-state index is 13.4. The van der Waals surface area contributed by atoms with E-state index in [1.165, 1.54) is 5.01 Å². The lowest BCUT2D eigenvalue weighted by Crippen LogP contribution is -2.21. The zero-order valence-electron chi connectivity index (χ0n) is 18.2. The third kappa shape index (κ3) is 4.21. The Hall–Kier alpha value is -3.86. The molecule has 4 rings (SSSR count). The summed E-state index contributed by atoms with van der Waals surface area (Å²) in [6.45, 7) is 2.02. The van der Waals surface area contributed by atoms with E-state index in [4.69, 9.17) is 9.84 Å². The molecule has 1 heterocycles. The molecular formula is C26H25N3O2. The van der Waals surface area contributed by atoms with Crippen molar-refractivity contribution in [2.75, 3.05) is 31.1 Å². The smallest absolute Gasteiger partial charge is 0.281 e. The molecule has 31 heavy (non-hydrogen) atoms. The van der Waals surface area contributed by atoms with Crippen LogP contribution in [0.2, 0.25) is 0 Å². The highest BCUT2D eigenvalue weighted by Gasteiger charge is 2.32. The number of methoxy groups -OCH3 is 1. The summed E-state index contributed by atoms with van der Waals surface area (Å²) in [6.07, 6.45) is 1.90. The molecule has 0 saturated carbocycles. The summed E-state index contributed by atoms with van der Waals surface area (Å²) in [4.78, 5) is 15.4. The van der Waals surface area contributed by atoms with Crippen LogP contribution in [0.25, 0.3) is 6.08 Å². The Morgan fingerprint density at radius 1 is 0.903 bits per heavy atom. The van der Waals surface area contributed by atoms with Gasteiger partial charge in [0.2, 0.25) is 0 Å². The fraction of sp³-hybridized carbons (Fsp3) is 0.154. The summed E-state index contributed by atoms with van der Waals surface area (Å²) in [5.74, 6) is 0.611. The first kappa shape index (κ1) is 20.4. The Bertz CT molecular complexity index is 1140. The molecule has 5 nitrogen and oxygen atoms in total. The molecule has 0 aliphatic carbocycles. The van der Waals surface area contributed by atoms with E-state index < -0.39 is 0 Å². The van der Waals surface area contributed by atoms with Crippen LogP contribution in [0.4, 0.5) is 11.4 Å². The van der Waals surface area contributed by atoms with E-state index in [0.717, 1.165) is 33.8 Å². The van der Waals surface area contributed by atoms with E-state index >= 15 is 0 Å². The van der Waals surface area contributed by atoms with Crippen molar-refractivity contribution in [3.8, 4) is 5.75 Å². The van der Waals surface area contributed by atoms with E-state index in [1.807, 2.05) is 105 Å². The number of aryl methyl sites for hydroxylation is 1. The summed E-state index contributed by atoms with van der Waals surface area (Å²) in [7, 11) is 5.64. The summed E-state index contributed by atoms with van der Waals surface area (Å²) < 4.78 is 5.27. The number of anilines is 2. The van der Waals surface area contributed by atoms with Gasteiger partial charge in [0, 0.05) is 25.3 Å². The second-order valence-corrected chi connectivity index (χ2v) is 7.67. The number of carbonyl (C=O) groups excluding carboxylic acids is 1. The van der Waals surface area contributed by atoms with Gasteiger partial charge >= 0.3 is 0 Å². The normalized spacial score (nSPS) is 14.7. The van der Waals surface area contributed by atoms with E-state index in [0.29, 0.717) is 11.3 Å². The minimum absolute atomic E-state index is 0.147. The van der Waals surface area contributed by atoms with Crippen LogP contribution in [0.15, 0.2) is 83.5 Å². The number of carbonyl (C=O) groups is 1. The monoisotopic (exact) mass is 411 g/mol. The topological polar surface area (TPSA) is 45.1 Å². The predicted octanol–water partition coefficient (Wildman–Crippen LogP) is 4.90. The van der Waals surface area contributed by atoms with Crippen molar-refractivity contribution in [1.29, 1.82) is 0 Å². The lowest BCUT2D eigenvalue weighted by atomic mass is 10.00. The van der Waals surface area contributed by atoms with Gasteiger partial charge in [-0.3, -0.25) is 4.79 Å². The number of hydrogen-bond donors (Lipinski definition) is 0. The van der Waals surface area contributed by atoms with E-state index in [2.05, 4.69) is 0 Å². The first-order valence-corrected chi connectivity index (χ1v) is 10.1. The highest BCUT2D eigenvalue weighted by atomic mass is 16.5. The summed E-state index contributed by atoms with van der Waals surface area (Å²) in [6, 6.07) is 23.5. The van der Waals surface area contributed by atoms with Gasteiger partial charge in [-0.05, 0) is 67.1 Å². The lowest BCUT2D eigenvalue weighted by molar-refractivity contribution is -0.114. The van der Waals surface area contributed by atoms with E-state index in [-0.39, 0.29) is 5.91 Å². The molecule has 3 aromatic rings. The van der Waals surface area contributed by atoms with Crippen LogP contribution >= 0.6 is 0 Å². The molecule has 0 radical (unpaired) electrons. The Balaban J connectivity index is 1.77. The molecule has 0 bridgehead atoms. The van der Waals surface area contributed by atoms with E-state index in [9.17, 15) is 4.79 Å². The molecule has 1 aliphatic rings. The average Bonchev–Trinajstić information content (AvgIpc) is 3.11. The molecule has 0 unspecified atom stereocenters. The fourth-order valence-corrected chi connectivity index (χ4v) is 3.40. The van der Waals surface area contributed by atoms with Crippen molar-refractivity contribution in [2.45, 2.75) is 6.92 Å². The summed E-state index contributed by atoms with van der Waals surface area (Å²) in [5, 5.41) is 6.17. The Labute approximate surface area is 182 Å². The van der Waals surface area contributed by atoms with Gasteiger partial charge in [0.05, 0.1) is 18.4 Å². The highest BCUT2D eigenvalue weighted by Crippen LogP contribution is 2.29. The third-order valence-corrected chi connectivity index (χ3v) is 5.24. The molecule has 5 heteroatoms. The zero-order valence-corrected chi connectivity index (χ0v) is 18.2. The van der Waals surface area contributed by atoms with Crippen molar-refractivity contribution in [3.05, 3.63) is 95.1 Å². The molecule has 156 valence electrons. The SMILES string of the molecule is COc1ccc(C2=NN(c3ccc(C)cc3)C(=O)/C2=C\c2ccc(N(C)C)cc2)cc1. The Morgan fingerprint density at radius 3 is 2.13 bits per heavy atom. The van der Waals surface area contributed by atoms with Crippen LogP contribution in [0.1, 0.15) is 16.7 Å². The molecule has 1 aliphatic heterocycles. The lowest BCUT2D eigenvalue weighted by Gasteiger charge is -2.12. The van der Waals surface area contributed by atoms with Crippen LogP contribution in [0.3, 0.4) is 0 Å². The molecule has 0 spiro atoms. The Kier molecular flexibility index (Phi) is 5.58. The number of hydrogen-bond acceptors (Lipinski definition) is 4. The minimum atomic E-state index is -0.147. The van der Waals surface area contributed by atoms with Crippen molar-refractivity contribution >= 4 is 29.1 Å². The molecular weight excluding hydrogens is 386 g/mol. The minimum Gasteiger partial charge on any atom is -0.497 e. The number of amides is 1. The van der Waals surface area contributed by atoms with Gasteiger partial charge in [0.15, 0.2) is 0 Å². The van der Waals surface area contributed by atoms with E-state index in [1.54, 1.807) is 7.11 Å². The van der Waals surface area contributed by atoms with Gasteiger partial charge < -0.3 is 9.64 Å². The number of ether oxygens (including phenoxy) is 1. The van der Waals surface area contributed by atoms with Crippen LogP contribution in [-0.2, 0) is 4.79 Å². The number of rotatable bonds is 5. The second-order valence-electron chi connectivity index (χ2n) is 7.67. The summed E-state index contributed by atoms with van der Waals surface area (Å²) >= 11 is 0. The van der Waals surface area contributed by atoms with Gasteiger partial charge in [-0.25, -0.2) is 0 Å². The molecule has 3 aromatic carbocycles. The van der Waals surface area contributed by atoms with Gasteiger partial charge in [-0.1, -0.05) is 29.8 Å². The van der Waals surface area contributed by atoms with Crippen molar-refractivity contribution in [2.24, 2.45) is 5.10 Å². The summed E-state index contributed by atoms with van der Waals surface area (Å²) in [5.41, 5.74) is 5.98. The molecule has 0 N–H and O–H groups in total. The number of nitrogens with zero attached hydrogens (tertiary/aromatic N) is 3.